The maximum atomic E-state index is 12.8. The smallest absolute Gasteiger partial charge is 0.338 e. The molecule has 0 aromatic heterocycles. The van der Waals surface area contributed by atoms with Gasteiger partial charge in [-0.05, 0) is 25.0 Å². The number of esters is 1. The molecule has 2 amide bonds. The molecule has 30 heavy (non-hydrogen) atoms. The minimum atomic E-state index is -0.732. The molecule has 7 heteroatoms. The highest BCUT2D eigenvalue weighted by atomic mass is 16.5. The van der Waals surface area contributed by atoms with Gasteiger partial charge in [0.1, 0.15) is 6.61 Å². The molecule has 1 heterocycles. The highest BCUT2D eigenvalue weighted by Crippen LogP contribution is 2.39. The van der Waals surface area contributed by atoms with E-state index in [0.29, 0.717) is 48.0 Å². The van der Waals surface area contributed by atoms with Gasteiger partial charge < -0.3 is 24.8 Å². The van der Waals surface area contributed by atoms with Crippen molar-refractivity contribution in [3.8, 4) is 11.5 Å². The summed E-state index contributed by atoms with van der Waals surface area (Å²) >= 11 is 0. The zero-order valence-electron chi connectivity index (χ0n) is 17.4. The van der Waals surface area contributed by atoms with Gasteiger partial charge in [0.15, 0.2) is 11.5 Å². The predicted molar refractivity (Wildman–Crippen MR) is 112 cm³/mol. The molecule has 1 aliphatic rings. The zero-order valence-corrected chi connectivity index (χ0v) is 17.4. The maximum absolute atomic E-state index is 12.8. The number of amides is 2. The third-order valence-electron chi connectivity index (χ3n) is 4.69. The van der Waals surface area contributed by atoms with Gasteiger partial charge in [0, 0.05) is 11.3 Å². The topological polar surface area (TPSA) is 85.9 Å². The van der Waals surface area contributed by atoms with E-state index in [4.69, 9.17) is 14.2 Å². The fourth-order valence-corrected chi connectivity index (χ4v) is 3.28. The van der Waals surface area contributed by atoms with Crippen molar-refractivity contribution in [2.45, 2.75) is 32.9 Å². The third-order valence-corrected chi connectivity index (χ3v) is 4.69. The number of carbonyl (C=O) groups excluding carboxylic acids is 2. The first kappa shape index (κ1) is 21.2. The van der Waals surface area contributed by atoms with Crippen molar-refractivity contribution in [2.24, 2.45) is 0 Å². The quantitative estimate of drug-likeness (QED) is 0.646. The highest BCUT2D eigenvalue weighted by molar-refractivity contribution is 5.95. The fourth-order valence-electron chi connectivity index (χ4n) is 3.28. The van der Waals surface area contributed by atoms with Crippen LogP contribution in [0.5, 0.6) is 11.5 Å². The van der Waals surface area contributed by atoms with Gasteiger partial charge in [0.2, 0.25) is 0 Å². The van der Waals surface area contributed by atoms with E-state index in [0.717, 1.165) is 5.56 Å². The van der Waals surface area contributed by atoms with E-state index >= 15 is 0 Å². The number of hydrogen-bond donors (Lipinski definition) is 2. The van der Waals surface area contributed by atoms with Crippen LogP contribution in [0.2, 0.25) is 0 Å². The largest absolute Gasteiger partial charge is 0.493 e. The number of nitrogens with one attached hydrogen (secondary N) is 2. The lowest BCUT2D eigenvalue weighted by Crippen LogP contribution is -2.45. The van der Waals surface area contributed by atoms with E-state index in [1.807, 2.05) is 37.3 Å². The van der Waals surface area contributed by atoms with Crippen molar-refractivity contribution in [1.29, 1.82) is 0 Å². The maximum Gasteiger partial charge on any atom is 0.338 e. The molecule has 1 unspecified atom stereocenters. The van der Waals surface area contributed by atoms with E-state index < -0.39 is 18.0 Å². The second-order valence-corrected chi connectivity index (χ2v) is 6.86. The number of hydrogen-bond acceptors (Lipinski definition) is 5. The summed E-state index contributed by atoms with van der Waals surface area (Å²) in [7, 11) is 1.55. The van der Waals surface area contributed by atoms with Crippen molar-refractivity contribution in [2.75, 3.05) is 13.7 Å². The van der Waals surface area contributed by atoms with Crippen LogP contribution >= 0.6 is 0 Å². The summed E-state index contributed by atoms with van der Waals surface area (Å²) in [6.45, 7) is 4.21. The highest BCUT2D eigenvalue weighted by Gasteiger charge is 2.34. The minimum absolute atomic E-state index is 0.297. The van der Waals surface area contributed by atoms with Crippen molar-refractivity contribution in [3.05, 3.63) is 70.9 Å². The molecule has 1 aliphatic heterocycles. The lowest BCUT2D eigenvalue weighted by molar-refractivity contribution is -0.139. The van der Waals surface area contributed by atoms with Gasteiger partial charge in [-0.1, -0.05) is 49.4 Å². The monoisotopic (exact) mass is 410 g/mol. The number of methoxy groups -OCH3 is 1. The molecule has 2 aromatic rings. The minimum Gasteiger partial charge on any atom is -0.493 e. The Morgan fingerprint density at radius 2 is 1.87 bits per heavy atom. The Morgan fingerprint density at radius 3 is 2.57 bits per heavy atom. The normalized spacial score (nSPS) is 15.8. The van der Waals surface area contributed by atoms with Gasteiger partial charge in [-0.15, -0.1) is 0 Å². The van der Waals surface area contributed by atoms with Crippen LogP contribution in [0.1, 0.15) is 37.4 Å². The Balaban J connectivity index is 2.00. The first-order chi connectivity index (χ1) is 14.5. The number of benzene rings is 2. The van der Waals surface area contributed by atoms with E-state index in [1.54, 1.807) is 32.2 Å². The zero-order chi connectivity index (χ0) is 21.5. The third kappa shape index (κ3) is 4.74. The Bertz CT molecular complexity index is 940. The molecule has 1 atom stereocenters. The molecular weight excluding hydrogens is 384 g/mol. The SMILES string of the molecule is CCCOC(=O)C1=C(C)NC(=O)NC1c1cccc(OC)c1OCc1ccccc1. The molecule has 0 aliphatic carbocycles. The molecule has 2 aromatic carbocycles. The average Bonchev–Trinajstić information content (AvgIpc) is 2.75. The van der Waals surface area contributed by atoms with Crippen LogP contribution < -0.4 is 20.1 Å². The van der Waals surface area contributed by atoms with Crippen LogP contribution in [0.25, 0.3) is 0 Å². The molecule has 0 saturated carbocycles. The van der Waals surface area contributed by atoms with Crippen molar-refractivity contribution < 1.29 is 23.8 Å². The first-order valence-electron chi connectivity index (χ1n) is 9.84. The summed E-state index contributed by atoms with van der Waals surface area (Å²) in [6.07, 6.45) is 0.702. The van der Waals surface area contributed by atoms with Gasteiger partial charge >= 0.3 is 12.0 Å². The van der Waals surface area contributed by atoms with Crippen LogP contribution in [0.3, 0.4) is 0 Å². The van der Waals surface area contributed by atoms with Crippen molar-refractivity contribution >= 4 is 12.0 Å². The first-order valence-corrected chi connectivity index (χ1v) is 9.84. The van der Waals surface area contributed by atoms with Crippen molar-refractivity contribution in [3.63, 3.8) is 0 Å². The Kier molecular flexibility index (Phi) is 6.95. The second kappa shape index (κ2) is 9.82. The molecule has 7 nitrogen and oxygen atoms in total. The number of para-hydroxylation sites is 1. The van der Waals surface area contributed by atoms with E-state index in [1.165, 1.54) is 0 Å². The molecule has 2 N–H and O–H groups in total. The number of urea groups is 1. The molecule has 0 saturated heterocycles. The molecule has 0 spiro atoms. The summed E-state index contributed by atoms with van der Waals surface area (Å²) in [6, 6.07) is 14.0. The van der Waals surface area contributed by atoms with Gasteiger partial charge in [-0.3, -0.25) is 0 Å². The molecule has 158 valence electrons. The Morgan fingerprint density at radius 1 is 1.10 bits per heavy atom. The van der Waals surface area contributed by atoms with Crippen molar-refractivity contribution in [1.82, 2.24) is 10.6 Å². The predicted octanol–water partition coefficient (Wildman–Crippen LogP) is 3.86. The van der Waals surface area contributed by atoms with E-state index in [2.05, 4.69) is 10.6 Å². The van der Waals surface area contributed by atoms with Crippen LogP contribution in [0.4, 0.5) is 4.79 Å². The van der Waals surface area contributed by atoms with Gasteiger partial charge in [0.25, 0.3) is 0 Å². The van der Waals surface area contributed by atoms with E-state index in [9.17, 15) is 9.59 Å². The summed E-state index contributed by atoms with van der Waals surface area (Å²) in [5.41, 5.74) is 2.38. The molecule has 3 rings (SSSR count). The number of allylic oxidation sites excluding steroid dienone is 1. The number of carbonyl (C=O) groups is 2. The van der Waals surface area contributed by atoms with Crippen LogP contribution in [0, 0.1) is 0 Å². The Labute approximate surface area is 176 Å². The van der Waals surface area contributed by atoms with Crippen LogP contribution in [-0.4, -0.2) is 25.7 Å². The lowest BCUT2D eigenvalue weighted by Gasteiger charge is -2.29. The lowest BCUT2D eigenvalue weighted by atomic mass is 9.94. The summed E-state index contributed by atoms with van der Waals surface area (Å²) < 4.78 is 17.0. The summed E-state index contributed by atoms with van der Waals surface area (Å²) in [5, 5.41) is 5.47. The van der Waals surface area contributed by atoms with Crippen LogP contribution in [-0.2, 0) is 16.1 Å². The molecule has 0 radical (unpaired) electrons. The molecular formula is C23H26N2O5. The van der Waals surface area contributed by atoms with E-state index in [-0.39, 0.29) is 0 Å². The van der Waals surface area contributed by atoms with Gasteiger partial charge in [-0.25, -0.2) is 9.59 Å². The average molecular weight is 410 g/mol. The van der Waals surface area contributed by atoms with Crippen LogP contribution in [0.15, 0.2) is 59.8 Å². The number of rotatable bonds is 8. The summed E-state index contributed by atoms with van der Waals surface area (Å²) in [5.74, 6) is 0.489. The Hall–Kier alpha value is -3.48. The van der Waals surface area contributed by atoms with Gasteiger partial charge in [-0.2, -0.15) is 0 Å². The standard InChI is InChI=1S/C23H26N2O5/c1-4-13-29-22(26)19-15(2)24-23(27)25-20(19)17-11-8-12-18(28-3)21(17)30-14-16-9-6-5-7-10-16/h5-12,20H,4,13-14H2,1-3H3,(H2,24,25,27). The molecule has 0 bridgehead atoms. The molecule has 0 fully saturated rings. The summed E-state index contributed by atoms with van der Waals surface area (Å²) in [4.78, 5) is 25.0. The fraction of sp³-hybridized carbons (Fsp3) is 0.304. The second-order valence-electron chi connectivity index (χ2n) is 6.86. The number of ether oxygens (including phenoxy) is 3. The van der Waals surface area contributed by atoms with Gasteiger partial charge in [0.05, 0.1) is 25.3 Å².